The highest BCUT2D eigenvalue weighted by atomic mass is 19.4. The van der Waals surface area contributed by atoms with Crippen LogP contribution in [-0.2, 0) is 13.2 Å². The number of hydrogen-bond acceptors (Lipinski definition) is 0. The topological polar surface area (TPSA) is 4.93 Å². The summed E-state index contributed by atoms with van der Waals surface area (Å²) in [5.41, 5.74) is 0.891. The summed E-state index contributed by atoms with van der Waals surface area (Å²) in [6, 6.07) is 6.44. The fourth-order valence-electron chi connectivity index (χ4n) is 1.89. The van der Waals surface area contributed by atoms with Gasteiger partial charge in [-0.15, -0.1) is 0 Å². The number of hydrogen-bond donors (Lipinski definition) is 0. The molecule has 0 saturated heterocycles. The van der Waals surface area contributed by atoms with E-state index in [1.165, 1.54) is 17.7 Å². The molecule has 0 unspecified atom stereocenters. The lowest BCUT2D eigenvalue weighted by atomic mass is 10.2. The van der Waals surface area contributed by atoms with Crippen molar-refractivity contribution >= 4 is 10.9 Å². The molecule has 0 atom stereocenters. The van der Waals surface area contributed by atoms with Crippen molar-refractivity contribution in [2.75, 3.05) is 0 Å². The number of halogens is 3. The van der Waals surface area contributed by atoms with Crippen molar-refractivity contribution in [2.24, 2.45) is 7.05 Å². The zero-order valence-electron chi connectivity index (χ0n) is 8.39. The van der Waals surface area contributed by atoms with Crippen LogP contribution in [0.3, 0.4) is 0 Å². The smallest absolute Gasteiger partial charge is 0.340 e. The third kappa shape index (κ3) is 1.50. The Bertz CT molecular complexity index is 508. The van der Waals surface area contributed by atoms with Gasteiger partial charge in [0.2, 0.25) is 0 Å². The van der Waals surface area contributed by atoms with Crippen LogP contribution in [0.5, 0.6) is 0 Å². The van der Waals surface area contributed by atoms with Crippen LogP contribution in [0.1, 0.15) is 11.3 Å². The molecule has 0 amide bonds. The molecule has 0 radical (unpaired) electrons. The Morgan fingerprint density at radius 1 is 1.20 bits per heavy atom. The largest absolute Gasteiger partial charge is 0.431 e. The molecule has 1 aromatic heterocycles. The second kappa shape index (κ2) is 3.02. The Labute approximate surface area is 85.1 Å². The molecular formula is C11H10F3N. The maximum Gasteiger partial charge on any atom is 0.431 e. The SMILES string of the molecule is Cc1cccc2cc(C(F)(F)F)n(C)c12. The van der Waals surface area contributed by atoms with E-state index in [1.54, 1.807) is 12.1 Å². The first-order valence-corrected chi connectivity index (χ1v) is 4.53. The molecule has 15 heavy (non-hydrogen) atoms. The number of benzene rings is 1. The quantitative estimate of drug-likeness (QED) is 0.631. The van der Waals surface area contributed by atoms with Crippen molar-refractivity contribution in [2.45, 2.75) is 13.1 Å². The van der Waals surface area contributed by atoms with Gasteiger partial charge in [0.1, 0.15) is 5.69 Å². The van der Waals surface area contributed by atoms with Crippen molar-refractivity contribution < 1.29 is 13.2 Å². The summed E-state index contributed by atoms with van der Waals surface area (Å²) in [5, 5.41) is 0.629. The van der Waals surface area contributed by atoms with Gasteiger partial charge >= 0.3 is 6.18 Å². The molecule has 0 aliphatic rings. The van der Waals surface area contributed by atoms with Gasteiger partial charge in [-0.1, -0.05) is 18.2 Å². The van der Waals surface area contributed by atoms with Crippen LogP contribution in [0.4, 0.5) is 13.2 Å². The molecule has 0 saturated carbocycles. The van der Waals surface area contributed by atoms with E-state index in [0.29, 0.717) is 10.9 Å². The highest BCUT2D eigenvalue weighted by Crippen LogP contribution is 2.33. The number of alkyl halides is 3. The Morgan fingerprint density at radius 3 is 2.40 bits per heavy atom. The number of nitrogens with zero attached hydrogens (tertiary/aromatic N) is 1. The van der Waals surface area contributed by atoms with Crippen molar-refractivity contribution in [1.29, 1.82) is 0 Å². The number of rotatable bonds is 0. The first-order chi connectivity index (χ1) is 6.91. The van der Waals surface area contributed by atoms with Gasteiger partial charge < -0.3 is 4.57 Å². The molecule has 4 heteroatoms. The molecule has 0 fully saturated rings. The standard InChI is InChI=1S/C11H10F3N/c1-7-4-3-5-8-6-9(11(12,13)14)15(2)10(7)8/h3-6H,1-2H3. The Hall–Kier alpha value is -1.45. The van der Waals surface area contributed by atoms with Crippen LogP contribution in [0.25, 0.3) is 10.9 Å². The van der Waals surface area contributed by atoms with Crippen molar-refractivity contribution in [3.8, 4) is 0 Å². The van der Waals surface area contributed by atoms with E-state index in [2.05, 4.69) is 0 Å². The summed E-state index contributed by atoms with van der Waals surface area (Å²) in [5.74, 6) is 0. The van der Waals surface area contributed by atoms with Gasteiger partial charge in [-0.05, 0) is 18.6 Å². The van der Waals surface area contributed by atoms with E-state index >= 15 is 0 Å². The van der Waals surface area contributed by atoms with E-state index < -0.39 is 11.9 Å². The first kappa shape index (κ1) is 10.1. The minimum atomic E-state index is -4.29. The molecule has 0 aliphatic heterocycles. The van der Waals surface area contributed by atoms with Crippen LogP contribution in [0.15, 0.2) is 24.3 Å². The van der Waals surface area contributed by atoms with Gasteiger partial charge in [0, 0.05) is 12.4 Å². The molecule has 0 N–H and O–H groups in total. The number of aromatic nitrogens is 1. The molecule has 2 rings (SSSR count). The lowest BCUT2D eigenvalue weighted by molar-refractivity contribution is -0.142. The third-order valence-electron chi connectivity index (χ3n) is 2.55. The van der Waals surface area contributed by atoms with E-state index in [1.807, 2.05) is 13.0 Å². The van der Waals surface area contributed by atoms with Gasteiger partial charge in [0.05, 0.1) is 5.52 Å². The highest BCUT2D eigenvalue weighted by Gasteiger charge is 2.34. The number of para-hydroxylation sites is 1. The second-order valence-corrected chi connectivity index (χ2v) is 3.60. The normalized spacial score (nSPS) is 12.3. The zero-order chi connectivity index (χ0) is 11.2. The van der Waals surface area contributed by atoms with Crippen LogP contribution in [0.2, 0.25) is 0 Å². The summed E-state index contributed by atoms with van der Waals surface area (Å²) in [6.45, 7) is 1.81. The van der Waals surface area contributed by atoms with E-state index in [9.17, 15) is 13.2 Å². The summed E-state index contributed by atoms with van der Waals surface area (Å²) in [7, 11) is 1.44. The summed E-state index contributed by atoms with van der Waals surface area (Å²) >= 11 is 0. The predicted molar refractivity (Wildman–Crippen MR) is 52.7 cm³/mol. The van der Waals surface area contributed by atoms with Crippen LogP contribution in [-0.4, -0.2) is 4.57 Å². The van der Waals surface area contributed by atoms with Gasteiger partial charge in [-0.25, -0.2) is 0 Å². The summed E-state index contributed by atoms with van der Waals surface area (Å²) < 4.78 is 39.0. The van der Waals surface area contributed by atoms with Gasteiger partial charge in [-0.3, -0.25) is 0 Å². The van der Waals surface area contributed by atoms with E-state index in [0.717, 1.165) is 5.56 Å². The Balaban J connectivity index is 2.82. The molecule has 0 bridgehead atoms. The number of fused-ring (bicyclic) bond motifs is 1. The van der Waals surface area contributed by atoms with Crippen molar-refractivity contribution in [3.63, 3.8) is 0 Å². The first-order valence-electron chi connectivity index (χ1n) is 4.53. The Morgan fingerprint density at radius 2 is 1.87 bits per heavy atom. The van der Waals surface area contributed by atoms with Crippen LogP contribution < -0.4 is 0 Å². The molecule has 0 spiro atoms. The molecule has 1 heterocycles. The fourth-order valence-corrected chi connectivity index (χ4v) is 1.89. The molecule has 1 aromatic carbocycles. The maximum atomic E-state index is 12.6. The molecule has 80 valence electrons. The van der Waals surface area contributed by atoms with Crippen molar-refractivity contribution in [3.05, 3.63) is 35.5 Å². The summed E-state index contributed by atoms with van der Waals surface area (Å²) in [4.78, 5) is 0. The molecule has 0 aliphatic carbocycles. The van der Waals surface area contributed by atoms with Gasteiger partial charge in [-0.2, -0.15) is 13.2 Å². The number of aryl methyl sites for hydroxylation is 2. The monoisotopic (exact) mass is 213 g/mol. The maximum absolute atomic E-state index is 12.6. The summed E-state index contributed by atoms with van der Waals surface area (Å²) in [6.07, 6.45) is -4.29. The lowest BCUT2D eigenvalue weighted by Crippen LogP contribution is -2.10. The minimum absolute atomic E-state index is 0.605. The van der Waals surface area contributed by atoms with E-state index in [4.69, 9.17) is 0 Å². The van der Waals surface area contributed by atoms with Gasteiger partial charge in [0.25, 0.3) is 0 Å². The fraction of sp³-hybridized carbons (Fsp3) is 0.273. The Kier molecular flexibility index (Phi) is 2.03. The van der Waals surface area contributed by atoms with Crippen LogP contribution >= 0.6 is 0 Å². The highest BCUT2D eigenvalue weighted by molar-refractivity contribution is 5.84. The van der Waals surface area contributed by atoms with Crippen LogP contribution in [0, 0.1) is 6.92 Å². The minimum Gasteiger partial charge on any atom is -0.340 e. The average molecular weight is 213 g/mol. The predicted octanol–water partition coefficient (Wildman–Crippen LogP) is 3.51. The lowest BCUT2D eigenvalue weighted by Gasteiger charge is -2.08. The zero-order valence-corrected chi connectivity index (χ0v) is 8.39. The second-order valence-electron chi connectivity index (χ2n) is 3.60. The van der Waals surface area contributed by atoms with Gasteiger partial charge in [0.15, 0.2) is 0 Å². The van der Waals surface area contributed by atoms with E-state index in [-0.39, 0.29) is 0 Å². The molecule has 2 aromatic rings. The third-order valence-corrected chi connectivity index (χ3v) is 2.55. The molecule has 1 nitrogen and oxygen atoms in total. The molecular weight excluding hydrogens is 203 g/mol. The average Bonchev–Trinajstić information content (AvgIpc) is 2.44. The van der Waals surface area contributed by atoms with Crippen molar-refractivity contribution in [1.82, 2.24) is 4.57 Å².